The molecule has 1 aromatic carbocycles. The van der Waals surface area contributed by atoms with Gasteiger partial charge < -0.3 is 20.9 Å². The summed E-state index contributed by atoms with van der Waals surface area (Å²) >= 11 is 0. The molecule has 0 aliphatic heterocycles. The molecule has 0 aliphatic rings. The quantitative estimate of drug-likeness (QED) is 0.721. The van der Waals surface area contributed by atoms with E-state index in [2.05, 4.69) is 10.3 Å². The molecule has 0 saturated carbocycles. The Bertz CT molecular complexity index is 612. The molecule has 6 heteroatoms. The van der Waals surface area contributed by atoms with Crippen molar-refractivity contribution in [3.8, 4) is 5.88 Å². The van der Waals surface area contributed by atoms with Crippen LogP contribution in [0.3, 0.4) is 0 Å². The van der Waals surface area contributed by atoms with Crippen molar-refractivity contribution in [2.24, 2.45) is 0 Å². The van der Waals surface area contributed by atoms with E-state index in [0.717, 1.165) is 5.56 Å². The molecule has 0 aliphatic carbocycles. The average Bonchev–Trinajstić information content (AvgIpc) is 2.46. The van der Waals surface area contributed by atoms with Gasteiger partial charge in [0.1, 0.15) is 0 Å². The number of hydrogen-bond acceptors (Lipinski definition) is 5. The number of nitrogen functional groups attached to an aromatic ring is 1. The average molecular weight is 273 g/mol. The van der Waals surface area contributed by atoms with Crippen molar-refractivity contribution in [3.63, 3.8) is 0 Å². The Balaban J connectivity index is 2.09. The van der Waals surface area contributed by atoms with E-state index in [1.807, 2.05) is 6.07 Å². The normalized spacial score (nSPS) is 10.1. The van der Waals surface area contributed by atoms with Gasteiger partial charge in [-0.3, -0.25) is 0 Å². The summed E-state index contributed by atoms with van der Waals surface area (Å²) in [6, 6.07) is 8.18. The second kappa shape index (κ2) is 5.92. The first-order chi connectivity index (χ1) is 9.60. The van der Waals surface area contributed by atoms with E-state index >= 15 is 0 Å². The van der Waals surface area contributed by atoms with Gasteiger partial charge in [0.15, 0.2) is 0 Å². The number of carboxylic acid groups (broad SMARTS) is 1. The van der Waals surface area contributed by atoms with Crippen LogP contribution >= 0.6 is 0 Å². The molecular weight excluding hydrogens is 258 g/mol. The van der Waals surface area contributed by atoms with Crippen molar-refractivity contribution in [1.29, 1.82) is 0 Å². The summed E-state index contributed by atoms with van der Waals surface area (Å²) in [7, 11) is 1.55. The van der Waals surface area contributed by atoms with Crippen LogP contribution in [0.25, 0.3) is 0 Å². The van der Waals surface area contributed by atoms with Gasteiger partial charge in [-0.1, -0.05) is 6.07 Å². The third-order valence-corrected chi connectivity index (χ3v) is 2.79. The van der Waals surface area contributed by atoms with Crippen LogP contribution in [0.15, 0.2) is 36.5 Å². The highest BCUT2D eigenvalue weighted by Gasteiger charge is 2.06. The number of hydrogen-bond donors (Lipinski definition) is 3. The van der Waals surface area contributed by atoms with E-state index in [4.69, 9.17) is 15.6 Å². The van der Waals surface area contributed by atoms with Crippen molar-refractivity contribution in [1.82, 2.24) is 4.98 Å². The molecule has 0 unspecified atom stereocenters. The van der Waals surface area contributed by atoms with Crippen molar-refractivity contribution >= 4 is 17.3 Å². The maximum absolute atomic E-state index is 10.9. The first-order valence-corrected chi connectivity index (χ1v) is 5.96. The van der Waals surface area contributed by atoms with Gasteiger partial charge in [0.25, 0.3) is 0 Å². The fourth-order valence-electron chi connectivity index (χ4n) is 1.68. The van der Waals surface area contributed by atoms with Crippen molar-refractivity contribution in [3.05, 3.63) is 47.7 Å². The molecule has 1 aromatic heterocycles. The smallest absolute Gasteiger partial charge is 0.335 e. The number of rotatable bonds is 5. The molecule has 0 spiro atoms. The molecule has 6 nitrogen and oxygen atoms in total. The Hall–Kier alpha value is -2.76. The highest BCUT2D eigenvalue weighted by Crippen LogP contribution is 2.21. The van der Waals surface area contributed by atoms with E-state index < -0.39 is 5.97 Å². The highest BCUT2D eigenvalue weighted by atomic mass is 16.5. The van der Waals surface area contributed by atoms with Gasteiger partial charge >= 0.3 is 5.97 Å². The lowest BCUT2D eigenvalue weighted by Crippen LogP contribution is -2.05. The van der Waals surface area contributed by atoms with Crippen LogP contribution in [-0.4, -0.2) is 23.2 Å². The van der Waals surface area contributed by atoms with Crippen molar-refractivity contribution < 1.29 is 14.6 Å². The lowest BCUT2D eigenvalue weighted by Gasteiger charge is -2.10. The van der Waals surface area contributed by atoms with Gasteiger partial charge in [-0.2, -0.15) is 0 Å². The molecular formula is C14H15N3O3. The Morgan fingerprint density at radius 1 is 1.40 bits per heavy atom. The van der Waals surface area contributed by atoms with Crippen LogP contribution < -0.4 is 15.8 Å². The van der Waals surface area contributed by atoms with E-state index in [1.165, 1.54) is 12.1 Å². The SMILES string of the molecule is COc1ccc(CNc2cc(C(=O)O)ccc2N)cn1. The molecule has 0 radical (unpaired) electrons. The third-order valence-electron chi connectivity index (χ3n) is 2.79. The van der Waals surface area contributed by atoms with Crippen LogP contribution in [0.2, 0.25) is 0 Å². The number of anilines is 2. The first kappa shape index (κ1) is 13.7. The number of benzene rings is 1. The lowest BCUT2D eigenvalue weighted by molar-refractivity contribution is 0.0697. The number of aromatic nitrogens is 1. The number of carboxylic acids is 1. The Labute approximate surface area is 116 Å². The zero-order valence-electron chi connectivity index (χ0n) is 11.0. The van der Waals surface area contributed by atoms with E-state index in [1.54, 1.807) is 25.4 Å². The van der Waals surface area contributed by atoms with Gasteiger partial charge in [0.2, 0.25) is 5.88 Å². The predicted octanol–water partition coefficient (Wildman–Crippen LogP) is 1.98. The zero-order chi connectivity index (χ0) is 14.5. The minimum absolute atomic E-state index is 0.189. The monoisotopic (exact) mass is 273 g/mol. The summed E-state index contributed by atoms with van der Waals surface area (Å²) in [5.74, 6) is -0.444. The third kappa shape index (κ3) is 3.17. The first-order valence-electron chi connectivity index (χ1n) is 5.96. The van der Waals surface area contributed by atoms with Crippen LogP contribution in [0.4, 0.5) is 11.4 Å². The van der Waals surface area contributed by atoms with Gasteiger partial charge in [-0.05, 0) is 23.8 Å². The Morgan fingerprint density at radius 3 is 2.80 bits per heavy atom. The molecule has 0 saturated heterocycles. The van der Waals surface area contributed by atoms with Crippen LogP contribution in [0.1, 0.15) is 15.9 Å². The zero-order valence-corrected chi connectivity index (χ0v) is 11.0. The molecule has 0 amide bonds. The lowest BCUT2D eigenvalue weighted by atomic mass is 10.1. The summed E-state index contributed by atoms with van der Waals surface area (Å²) in [4.78, 5) is 15.0. The minimum atomic E-state index is -0.987. The number of pyridine rings is 1. The Kier molecular flexibility index (Phi) is 4.05. The molecule has 0 atom stereocenters. The number of methoxy groups -OCH3 is 1. The molecule has 1 heterocycles. The van der Waals surface area contributed by atoms with Crippen LogP contribution in [0.5, 0.6) is 5.88 Å². The predicted molar refractivity (Wildman–Crippen MR) is 75.9 cm³/mol. The highest BCUT2D eigenvalue weighted by molar-refractivity contribution is 5.90. The molecule has 0 fully saturated rings. The molecule has 0 bridgehead atoms. The largest absolute Gasteiger partial charge is 0.481 e. The molecule has 2 aromatic rings. The summed E-state index contributed by atoms with van der Waals surface area (Å²) in [6.45, 7) is 0.490. The summed E-state index contributed by atoms with van der Waals surface area (Å²) in [5, 5.41) is 12.0. The number of aromatic carboxylic acids is 1. The summed E-state index contributed by atoms with van der Waals surface area (Å²) < 4.78 is 4.98. The number of ether oxygens (including phenoxy) is 1. The maximum atomic E-state index is 10.9. The van der Waals surface area contributed by atoms with Crippen LogP contribution in [0, 0.1) is 0 Å². The summed E-state index contributed by atoms with van der Waals surface area (Å²) in [6.07, 6.45) is 1.68. The fourth-order valence-corrected chi connectivity index (χ4v) is 1.68. The number of nitrogens with two attached hydrogens (primary N) is 1. The van der Waals surface area contributed by atoms with E-state index in [9.17, 15) is 4.79 Å². The topological polar surface area (TPSA) is 97.5 Å². The molecule has 2 rings (SSSR count). The van der Waals surface area contributed by atoms with Gasteiger partial charge in [-0.15, -0.1) is 0 Å². The van der Waals surface area contributed by atoms with Gasteiger partial charge in [-0.25, -0.2) is 9.78 Å². The second-order valence-corrected chi connectivity index (χ2v) is 4.17. The van der Waals surface area contributed by atoms with Crippen molar-refractivity contribution in [2.75, 3.05) is 18.2 Å². The maximum Gasteiger partial charge on any atom is 0.335 e. The number of carbonyl (C=O) groups is 1. The minimum Gasteiger partial charge on any atom is -0.481 e. The number of nitrogens with zero attached hydrogens (tertiary/aromatic N) is 1. The van der Waals surface area contributed by atoms with Crippen molar-refractivity contribution in [2.45, 2.75) is 6.54 Å². The molecule has 20 heavy (non-hydrogen) atoms. The Morgan fingerprint density at radius 2 is 2.20 bits per heavy atom. The fraction of sp³-hybridized carbons (Fsp3) is 0.143. The van der Waals surface area contributed by atoms with Crippen LogP contribution in [-0.2, 0) is 6.54 Å². The van der Waals surface area contributed by atoms with Gasteiger partial charge in [0, 0.05) is 18.8 Å². The molecule has 104 valence electrons. The van der Waals surface area contributed by atoms with E-state index in [0.29, 0.717) is 23.8 Å². The van der Waals surface area contributed by atoms with Gasteiger partial charge in [0.05, 0.1) is 24.0 Å². The number of nitrogens with one attached hydrogen (secondary N) is 1. The molecule has 4 N–H and O–H groups in total. The van der Waals surface area contributed by atoms with E-state index in [-0.39, 0.29) is 5.56 Å². The summed E-state index contributed by atoms with van der Waals surface area (Å²) in [5.41, 5.74) is 8.01. The standard InChI is InChI=1S/C14H15N3O3/c1-20-13-5-2-9(8-17-13)7-16-12-6-10(14(18)19)3-4-11(12)15/h2-6,8,16H,7,15H2,1H3,(H,18,19). The second-order valence-electron chi connectivity index (χ2n) is 4.17.